The highest BCUT2D eigenvalue weighted by Crippen LogP contribution is 2.26. The fourth-order valence-corrected chi connectivity index (χ4v) is 3.16. The van der Waals surface area contributed by atoms with Gasteiger partial charge in [0.25, 0.3) is 0 Å². The summed E-state index contributed by atoms with van der Waals surface area (Å²) in [7, 11) is 0. The molecule has 0 saturated carbocycles. The third kappa shape index (κ3) is 4.14. The highest BCUT2D eigenvalue weighted by Gasteiger charge is 2.20. The maximum Gasteiger partial charge on any atom is 0.237 e. The van der Waals surface area contributed by atoms with E-state index in [0.29, 0.717) is 21.6 Å². The number of aromatic nitrogens is 4. The lowest BCUT2D eigenvalue weighted by atomic mass is 10.2. The van der Waals surface area contributed by atoms with Crippen molar-refractivity contribution >= 4 is 35.0 Å². The van der Waals surface area contributed by atoms with Crippen LogP contribution in [0.3, 0.4) is 0 Å². The van der Waals surface area contributed by atoms with Gasteiger partial charge < -0.3 is 10.4 Å². The summed E-state index contributed by atoms with van der Waals surface area (Å²) >= 11 is 7.22. The van der Waals surface area contributed by atoms with Crippen LogP contribution in [-0.2, 0) is 4.79 Å². The number of amides is 1. The van der Waals surface area contributed by atoms with Crippen molar-refractivity contribution in [2.24, 2.45) is 0 Å². The molecule has 1 amide bonds. The van der Waals surface area contributed by atoms with Crippen LogP contribution in [0.15, 0.2) is 47.6 Å². The van der Waals surface area contributed by atoms with Gasteiger partial charge >= 0.3 is 0 Å². The third-order valence-electron chi connectivity index (χ3n) is 3.64. The standard InChI is InChI=1S/C17H16ClN5O2S/c1-10-3-4-12(18)9-15(10)19-16(25)11(2)26-17-20-21-22-23(17)13-5-7-14(24)8-6-13/h3-9,11,24H,1-2H3,(H,19,25)/t11-/m0/s1. The molecule has 0 unspecified atom stereocenters. The molecule has 3 aromatic rings. The van der Waals surface area contributed by atoms with Crippen LogP contribution >= 0.6 is 23.4 Å². The van der Waals surface area contributed by atoms with Crippen LogP contribution in [0, 0.1) is 6.92 Å². The van der Waals surface area contributed by atoms with Gasteiger partial charge in [-0.1, -0.05) is 29.4 Å². The molecule has 0 radical (unpaired) electrons. The van der Waals surface area contributed by atoms with Gasteiger partial charge in [-0.2, -0.15) is 4.68 Å². The van der Waals surface area contributed by atoms with E-state index in [0.717, 1.165) is 5.56 Å². The lowest BCUT2D eigenvalue weighted by Crippen LogP contribution is -2.23. The second kappa shape index (κ2) is 7.76. The van der Waals surface area contributed by atoms with Crippen LogP contribution in [0.25, 0.3) is 5.69 Å². The van der Waals surface area contributed by atoms with E-state index >= 15 is 0 Å². The largest absolute Gasteiger partial charge is 0.508 e. The van der Waals surface area contributed by atoms with Crippen molar-refractivity contribution in [2.75, 3.05) is 5.32 Å². The summed E-state index contributed by atoms with van der Waals surface area (Å²) in [4.78, 5) is 12.5. The molecule has 0 bridgehead atoms. The zero-order chi connectivity index (χ0) is 18.7. The number of benzene rings is 2. The first-order valence-corrected chi connectivity index (χ1v) is 9.01. The second-order valence-electron chi connectivity index (χ2n) is 5.60. The quantitative estimate of drug-likeness (QED) is 0.649. The molecule has 0 aliphatic rings. The molecule has 1 atom stereocenters. The number of phenolic OH excluding ortho intramolecular Hbond substituents is 1. The van der Waals surface area contributed by atoms with Gasteiger partial charge in [0.1, 0.15) is 5.75 Å². The first kappa shape index (κ1) is 18.2. The summed E-state index contributed by atoms with van der Waals surface area (Å²) in [5.74, 6) is -0.0266. The van der Waals surface area contributed by atoms with Crippen molar-refractivity contribution in [1.82, 2.24) is 20.2 Å². The van der Waals surface area contributed by atoms with E-state index in [-0.39, 0.29) is 11.7 Å². The predicted molar refractivity (Wildman–Crippen MR) is 101 cm³/mol. The van der Waals surface area contributed by atoms with Crippen molar-refractivity contribution in [3.05, 3.63) is 53.1 Å². The molecular weight excluding hydrogens is 374 g/mol. The van der Waals surface area contributed by atoms with Gasteiger partial charge in [-0.05, 0) is 66.2 Å². The van der Waals surface area contributed by atoms with E-state index in [2.05, 4.69) is 20.8 Å². The number of anilines is 1. The summed E-state index contributed by atoms with van der Waals surface area (Å²) in [6.07, 6.45) is 0. The molecule has 0 aliphatic heterocycles. The molecule has 134 valence electrons. The summed E-state index contributed by atoms with van der Waals surface area (Å²) in [6, 6.07) is 11.8. The number of hydrogen-bond donors (Lipinski definition) is 2. The Bertz CT molecular complexity index is 929. The summed E-state index contributed by atoms with van der Waals surface area (Å²) in [5, 5.41) is 24.5. The van der Waals surface area contributed by atoms with E-state index in [1.165, 1.54) is 16.4 Å². The van der Waals surface area contributed by atoms with Crippen LogP contribution < -0.4 is 5.32 Å². The molecule has 26 heavy (non-hydrogen) atoms. The van der Waals surface area contributed by atoms with E-state index in [1.54, 1.807) is 43.3 Å². The van der Waals surface area contributed by atoms with Gasteiger partial charge in [0.2, 0.25) is 11.1 Å². The molecule has 2 N–H and O–H groups in total. The van der Waals surface area contributed by atoms with Crippen molar-refractivity contribution in [3.8, 4) is 11.4 Å². The molecule has 1 aromatic heterocycles. The molecule has 3 rings (SSSR count). The number of aryl methyl sites for hydroxylation is 1. The SMILES string of the molecule is Cc1ccc(Cl)cc1NC(=O)[C@H](C)Sc1nnnn1-c1ccc(O)cc1. The first-order chi connectivity index (χ1) is 12.4. The number of hydrogen-bond acceptors (Lipinski definition) is 6. The Morgan fingerprint density at radius 1 is 1.27 bits per heavy atom. The number of thioether (sulfide) groups is 1. The number of carbonyl (C=O) groups excluding carboxylic acids is 1. The minimum absolute atomic E-state index is 0.153. The maximum atomic E-state index is 12.5. The van der Waals surface area contributed by atoms with Crippen LogP contribution in [0.5, 0.6) is 5.75 Å². The minimum atomic E-state index is -0.435. The first-order valence-electron chi connectivity index (χ1n) is 7.75. The van der Waals surface area contributed by atoms with Crippen LogP contribution in [0.2, 0.25) is 5.02 Å². The Labute approximate surface area is 159 Å². The van der Waals surface area contributed by atoms with Crippen molar-refractivity contribution in [3.63, 3.8) is 0 Å². The van der Waals surface area contributed by atoms with Crippen molar-refractivity contribution in [1.29, 1.82) is 0 Å². The van der Waals surface area contributed by atoms with Crippen molar-refractivity contribution in [2.45, 2.75) is 24.3 Å². The molecule has 0 aliphatic carbocycles. The zero-order valence-electron chi connectivity index (χ0n) is 14.0. The summed E-state index contributed by atoms with van der Waals surface area (Å²) in [6.45, 7) is 3.67. The van der Waals surface area contributed by atoms with Gasteiger partial charge in [0.15, 0.2) is 0 Å². The van der Waals surface area contributed by atoms with Gasteiger partial charge in [-0.15, -0.1) is 5.10 Å². The number of nitrogens with one attached hydrogen (secondary N) is 1. The normalized spacial score (nSPS) is 12.0. The zero-order valence-corrected chi connectivity index (χ0v) is 15.6. The van der Waals surface area contributed by atoms with Crippen LogP contribution in [-0.4, -0.2) is 36.5 Å². The lowest BCUT2D eigenvalue weighted by Gasteiger charge is -2.13. The predicted octanol–water partition coefficient (Wildman–Crippen LogP) is 3.45. The third-order valence-corrected chi connectivity index (χ3v) is 4.91. The van der Waals surface area contributed by atoms with E-state index in [1.807, 2.05) is 13.0 Å². The molecular formula is C17H16ClN5O2S. The fraction of sp³-hybridized carbons (Fsp3) is 0.176. The molecule has 0 spiro atoms. The molecule has 2 aromatic carbocycles. The number of rotatable bonds is 5. The Kier molecular flexibility index (Phi) is 5.43. The minimum Gasteiger partial charge on any atom is -0.508 e. The Balaban J connectivity index is 1.73. The van der Waals surface area contributed by atoms with Gasteiger partial charge in [-0.25, -0.2) is 0 Å². The molecule has 9 heteroatoms. The van der Waals surface area contributed by atoms with E-state index < -0.39 is 5.25 Å². The average molecular weight is 390 g/mol. The molecule has 0 fully saturated rings. The van der Waals surface area contributed by atoms with E-state index in [9.17, 15) is 9.90 Å². The number of tetrazole rings is 1. The van der Waals surface area contributed by atoms with Crippen LogP contribution in [0.4, 0.5) is 5.69 Å². The maximum absolute atomic E-state index is 12.5. The molecule has 0 saturated heterocycles. The Morgan fingerprint density at radius 3 is 2.73 bits per heavy atom. The number of carbonyl (C=O) groups is 1. The highest BCUT2D eigenvalue weighted by atomic mass is 35.5. The molecule has 1 heterocycles. The number of aromatic hydroxyl groups is 1. The fourth-order valence-electron chi connectivity index (χ4n) is 2.18. The van der Waals surface area contributed by atoms with Gasteiger partial charge in [-0.3, -0.25) is 4.79 Å². The monoisotopic (exact) mass is 389 g/mol. The Morgan fingerprint density at radius 2 is 2.00 bits per heavy atom. The average Bonchev–Trinajstić information content (AvgIpc) is 3.07. The smallest absolute Gasteiger partial charge is 0.237 e. The van der Waals surface area contributed by atoms with Gasteiger partial charge in [0.05, 0.1) is 10.9 Å². The van der Waals surface area contributed by atoms with Crippen LogP contribution in [0.1, 0.15) is 12.5 Å². The topological polar surface area (TPSA) is 92.9 Å². The highest BCUT2D eigenvalue weighted by molar-refractivity contribution is 8.00. The van der Waals surface area contributed by atoms with Crippen molar-refractivity contribution < 1.29 is 9.90 Å². The summed E-state index contributed by atoms with van der Waals surface area (Å²) in [5.41, 5.74) is 2.29. The van der Waals surface area contributed by atoms with Gasteiger partial charge in [0, 0.05) is 10.7 Å². The number of nitrogens with zero attached hydrogens (tertiary/aromatic N) is 4. The number of phenols is 1. The Hall–Kier alpha value is -2.58. The molecule has 7 nitrogen and oxygen atoms in total. The van der Waals surface area contributed by atoms with E-state index in [4.69, 9.17) is 11.6 Å². The summed E-state index contributed by atoms with van der Waals surface area (Å²) < 4.78 is 1.51. The number of halogens is 1. The second-order valence-corrected chi connectivity index (χ2v) is 7.34. The lowest BCUT2D eigenvalue weighted by molar-refractivity contribution is -0.115.